The van der Waals surface area contributed by atoms with Crippen molar-refractivity contribution < 1.29 is 42.2 Å². The zero-order valence-electron chi connectivity index (χ0n) is 78.3. The molecule has 0 aliphatic carbocycles. The third-order valence-electron chi connectivity index (χ3n) is 19.1. The Bertz CT molecular complexity index is 7510. The molecule has 18 aromatic rings. The first-order valence-corrected chi connectivity index (χ1v) is 34.8. The maximum atomic E-state index is 11.2. The molecule has 0 radical (unpaired) electrons. The lowest BCUT2D eigenvalue weighted by Crippen LogP contribution is -2.74. The van der Waals surface area contributed by atoms with Gasteiger partial charge in [0.05, 0.1) is 83.1 Å². The van der Waals surface area contributed by atoms with E-state index in [0.717, 1.165) is 49.2 Å². The van der Waals surface area contributed by atoms with E-state index in [4.69, 9.17) is 15.2 Å². The van der Waals surface area contributed by atoms with Crippen molar-refractivity contribution in [3.05, 3.63) is 363 Å². The van der Waals surface area contributed by atoms with Crippen molar-refractivity contribution in [2.24, 2.45) is 0 Å². The van der Waals surface area contributed by atoms with E-state index < -0.39 is 179 Å². The fraction of sp³-hybridized carbons (Fsp3) is 0.0426. The van der Waals surface area contributed by atoms with Crippen LogP contribution in [0, 0.1) is 6.33 Å². The Labute approximate surface area is 621 Å². The molecule has 1 aliphatic heterocycles. The Kier molecular flexibility index (Phi) is 9.34. The van der Waals surface area contributed by atoms with Gasteiger partial charge in [0, 0.05) is 33.8 Å². The highest BCUT2D eigenvalue weighted by Gasteiger charge is 2.42. The minimum absolute atomic E-state index is 0.126. The van der Waals surface area contributed by atoms with Gasteiger partial charge in [-0.2, -0.15) is 0 Å². The van der Waals surface area contributed by atoms with Gasteiger partial charge in [0.15, 0.2) is 8.07 Å². The van der Waals surface area contributed by atoms with Crippen LogP contribution in [-0.4, -0.2) is 26.8 Å². The third kappa shape index (κ3) is 9.67. The first-order valence-electron chi connectivity index (χ1n) is 44.8. The van der Waals surface area contributed by atoms with Gasteiger partial charge in [-0.1, -0.05) is 287 Å². The molecule has 0 spiro atoms. The number of ether oxygens (including phenoxy) is 1. The second-order valence-electron chi connectivity index (χ2n) is 25.8. The predicted octanol–water partition coefficient (Wildman–Crippen LogP) is 20.4. The lowest BCUT2D eigenvalue weighted by Gasteiger charge is -2.34. The van der Waals surface area contributed by atoms with E-state index in [9.17, 15) is 27.4 Å². The summed E-state index contributed by atoms with van der Waals surface area (Å²) in [4.78, 5) is 4.92. The van der Waals surface area contributed by atoms with Gasteiger partial charge in [-0.05, 0) is 160 Å². The van der Waals surface area contributed by atoms with Gasteiger partial charge < -0.3 is 9.30 Å². The molecule has 0 N–H and O–H groups in total. The fourth-order valence-corrected chi connectivity index (χ4v) is 18.3. The Hall–Kier alpha value is -12.7. The molecule has 5 heterocycles. The van der Waals surface area contributed by atoms with E-state index in [1.54, 1.807) is 71.4 Å². The molecule has 0 bridgehead atoms. The highest BCUT2D eigenvalue weighted by Crippen LogP contribution is 2.50. The predicted molar refractivity (Wildman–Crippen MR) is 420 cm³/mol. The van der Waals surface area contributed by atoms with Gasteiger partial charge in [0.25, 0.3) is 6.33 Å². The first kappa shape index (κ1) is 39.6. The fourth-order valence-electron chi connectivity index (χ4n) is 14.7. The topological polar surface area (TPSA) is 40.8 Å². The van der Waals surface area contributed by atoms with E-state index in [2.05, 4.69) is 48.4 Å². The largest absolute Gasteiger partial charge is 0.458 e. The molecule has 0 fully saturated rings. The summed E-state index contributed by atoms with van der Waals surface area (Å²) in [5.41, 5.74) is 7.70. The van der Waals surface area contributed by atoms with Crippen molar-refractivity contribution in [2.75, 3.05) is 0 Å². The number of aromatic nitrogens is 5. The average molecular weight is 1330 g/mol. The molecule has 0 unspecified atom stereocenters. The Morgan fingerprint density at radius 2 is 0.941 bits per heavy atom. The van der Waals surface area contributed by atoms with Crippen molar-refractivity contribution in [2.45, 2.75) is 26.2 Å². The number of rotatable bonds is 11. The van der Waals surface area contributed by atoms with E-state index in [1.807, 2.05) is 132 Å². The lowest BCUT2D eigenvalue weighted by molar-refractivity contribution is -0.571. The molecular weight excluding hydrogens is 1240 g/mol. The Morgan fingerprint density at radius 3 is 1.60 bits per heavy atom. The van der Waals surface area contributed by atoms with Crippen LogP contribution in [0.1, 0.15) is 59.2 Å². The van der Waals surface area contributed by atoms with Crippen LogP contribution >= 0.6 is 0 Å². The molecule has 7 heteroatoms. The summed E-state index contributed by atoms with van der Waals surface area (Å²) in [5.74, 6) is 1.41. The van der Waals surface area contributed by atoms with Gasteiger partial charge in [-0.3, -0.25) is 13.7 Å². The molecule has 14 aromatic carbocycles. The zero-order chi connectivity index (χ0) is 88.2. The minimum atomic E-state index is -6.40. The molecule has 101 heavy (non-hydrogen) atoms. The van der Waals surface area contributed by atoms with Crippen LogP contribution in [0.25, 0.3) is 133 Å². The molecule has 478 valence electrons. The number of fused-ring (bicyclic) bond motifs is 13. The minimum Gasteiger partial charge on any atom is -0.458 e. The monoisotopic (exact) mass is 1330 g/mol. The summed E-state index contributed by atoms with van der Waals surface area (Å²) in [7, 11) is -6.40. The maximum Gasteiger partial charge on any atom is 0.269 e. The first-order chi connectivity index (χ1) is 59.7. The number of pyridine rings is 1. The second-order valence-corrected chi connectivity index (χ2v) is 29.3. The molecule has 0 saturated carbocycles. The van der Waals surface area contributed by atoms with Crippen LogP contribution < -0.4 is 30.1 Å². The van der Waals surface area contributed by atoms with E-state index in [0.29, 0.717) is 67.7 Å². The number of hydrogen-bond donors (Lipinski definition) is 0. The summed E-state index contributed by atoms with van der Waals surface area (Å²) in [5, 5.41) is -0.337. The molecule has 4 aromatic heterocycles. The normalized spacial score (nSPS) is 15.4. The maximum absolute atomic E-state index is 11.2. The average Bonchev–Trinajstić information content (AvgIpc) is 1.48. The Morgan fingerprint density at radius 1 is 0.406 bits per heavy atom. The summed E-state index contributed by atoms with van der Waals surface area (Å²) in [6, 6.07) is 38.6. The number of imidazole rings is 1. The highest BCUT2D eigenvalue weighted by atomic mass is 28.3. The molecule has 0 saturated heterocycles. The molecule has 0 atom stereocenters. The lowest BCUT2D eigenvalue weighted by atomic mass is 9.84. The van der Waals surface area contributed by atoms with Crippen LogP contribution in [0.5, 0.6) is 11.5 Å². The molecular formula is C94H67N5OSi. The van der Waals surface area contributed by atoms with Gasteiger partial charge >= 0.3 is 0 Å². The van der Waals surface area contributed by atoms with Crippen LogP contribution in [0.4, 0.5) is 0 Å². The van der Waals surface area contributed by atoms with Gasteiger partial charge in [0.1, 0.15) is 17.3 Å². The number of nitrogens with zero attached hydrogens (tertiary/aromatic N) is 5. The third-order valence-corrected chi connectivity index (χ3v) is 23.1. The summed E-state index contributed by atoms with van der Waals surface area (Å²) in [6.07, 6.45) is 5.61. The van der Waals surface area contributed by atoms with Gasteiger partial charge in [-0.15, -0.1) is 0 Å². The summed E-state index contributed by atoms with van der Waals surface area (Å²) < 4.78 is 247. The standard InChI is InChI=1S/C94H67N5OSi/c1-94(2,3)66-54-55-95-90(59-66)99-86-50-23-20-44-79(86)80-53-52-69(61-88(80)99)100-68-32-25-31-67(60-68)96-62-97-92-82(47-27-51-87(92)98-84-48-21-18-42-77(84)78-43-19-22-49-85(78)98)91-74(63-28-8-4-9-29-63)45-26-46-81(91)75-40-16-17-41-76(75)83-57-65(58-89(96)93(83)97)64-30-24-39-73(56-64)101(70-33-10-5-11-34-70,71-35-12-6-13-36-71)72-37-14-7-15-38-72/h4-61H,1-3H3/i4D,5D,6D,7D,8D,9D,10D,11D,12D,13D,14D,15D,24D,28D,29D,30D,33D,34D,35D,36D,37D,38D,39D,56D. The smallest absolute Gasteiger partial charge is 0.269 e. The van der Waals surface area contributed by atoms with Crippen molar-refractivity contribution in [3.63, 3.8) is 0 Å². The van der Waals surface area contributed by atoms with E-state index >= 15 is 0 Å². The van der Waals surface area contributed by atoms with E-state index in [-0.39, 0.29) is 33.2 Å². The van der Waals surface area contributed by atoms with Crippen molar-refractivity contribution in [3.8, 4) is 90.0 Å². The summed E-state index contributed by atoms with van der Waals surface area (Å²) >= 11 is 0. The highest BCUT2D eigenvalue weighted by molar-refractivity contribution is 7.20. The zero-order valence-corrected chi connectivity index (χ0v) is 55.3. The Balaban J connectivity index is 0.982. The van der Waals surface area contributed by atoms with Crippen LogP contribution in [-0.2, 0) is 5.41 Å². The van der Waals surface area contributed by atoms with Crippen LogP contribution in [0.2, 0.25) is 0 Å². The molecule has 1 aliphatic rings. The molecule has 6 nitrogen and oxygen atoms in total. The van der Waals surface area contributed by atoms with Crippen molar-refractivity contribution in [1.29, 1.82) is 0 Å². The molecule has 0 amide bonds. The second kappa shape index (κ2) is 23.8. The number of hydrogen-bond acceptors (Lipinski definition) is 2. The number of para-hydroxylation sites is 4. The number of benzene rings is 14. The van der Waals surface area contributed by atoms with Crippen LogP contribution in [0.15, 0.2) is 351 Å². The molecule has 19 rings (SSSR count). The summed E-state index contributed by atoms with van der Waals surface area (Å²) in [6.45, 7) is 6.41. The van der Waals surface area contributed by atoms with E-state index in [1.165, 1.54) is 0 Å². The van der Waals surface area contributed by atoms with Gasteiger partial charge in [0.2, 0.25) is 0 Å². The SMILES string of the molecule is [2H]c1c([2H])c([2H])c(-c2cccc3c2-c2cccc(-n4c5ccccc5c5ccccc54)c2-[n+]2[c-]n(-c4cccc(Oc5ccc6c7ccccc7n(-c7cc(C(C)(C)C)ccn7)c6c5)c4)c4cc(-c5c([2H])c([2H])c([2H])c([Si](c6c([2H])c([2H])c([2H])c([2H])c6[2H])(c6c([2H])c([2H])c([2H])c([2H])c6[2H])c6c([2H])c([2H])c([2H])c([2H])c6[2H])c5[2H])cc(c42)-c2ccccc2-3)c([2H])c1[2H]. The quantitative estimate of drug-likeness (QED) is 0.0560. The van der Waals surface area contributed by atoms with Gasteiger partial charge in [-0.25, -0.2) is 4.98 Å². The van der Waals surface area contributed by atoms with Crippen LogP contribution in [0.3, 0.4) is 0 Å². The van der Waals surface area contributed by atoms with Crippen molar-refractivity contribution >= 4 is 83.5 Å². The van der Waals surface area contributed by atoms with Crippen molar-refractivity contribution in [1.82, 2.24) is 18.7 Å².